The first kappa shape index (κ1) is 57.0. The Morgan fingerprint density at radius 3 is 0.826 bits per heavy atom. The van der Waals surface area contributed by atoms with Crippen molar-refractivity contribution in [2.24, 2.45) is 30.0 Å². The smallest absolute Gasteiger partial charge is 0.693 e. The second kappa shape index (κ2) is 23.5. The molecule has 14 heteroatoms. The summed E-state index contributed by atoms with van der Waals surface area (Å²) in [5.74, 6) is 13.5. The molecule has 6 aromatic rings. The number of aromatic nitrogens is 6. The van der Waals surface area contributed by atoms with Gasteiger partial charge in [-0.05, 0) is 200 Å². The van der Waals surface area contributed by atoms with E-state index in [1.165, 1.54) is 0 Å². The zero-order valence-electron chi connectivity index (χ0n) is 45.6. The van der Waals surface area contributed by atoms with Gasteiger partial charge in [0.05, 0.1) is 69.1 Å². The summed E-state index contributed by atoms with van der Waals surface area (Å²) in [6.45, 7) is 0. The van der Waals surface area contributed by atoms with Crippen molar-refractivity contribution in [3.05, 3.63) is 268 Å². The fourth-order valence-corrected chi connectivity index (χ4v) is 10.9. The molecule has 15 heterocycles. The van der Waals surface area contributed by atoms with E-state index in [-0.39, 0.29) is 39.6 Å². The van der Waals surface area contributed by atoms with Gasteiger partial charge in [-0.15, -0.1) is 0 Å². The zero-order chi connectivity index (χ0) is 57.4. The van der Waals surface area contributed by atoms with Gasteiger partial charge in [0.2, 0.25) is 0 Å². The Morgan fingerprint density at radius 1 is 0.302 bits per heavy atom. The summed E-state index contributed by atoms with van der Waals surface area (Å²) in [7, 11) is 0. The van der Waals surface area contributed by atoms with E-state index in [0.717, 1.165) is 100 Å². The van der Waals surface area contributed by atoms with Gasteiger partial charge in [-0.2, -0.15) is 0 Å². The number of rotatable bonds is 0. The van der Waals surface area contributed by atoms with Gasteiger partial charge in [-0.25, -0.2) is 15.0 Å². The van der Waals surface area contributed by atoms with Crippen molar-refractivity contribution < 1.29 is 0 Å². The molecule has 6 unspecified atom stereocenters. The molecular formula is C72H42Ga2N12. The summed E-state index contributed by atoms with van der Waals surface area (Å²) in [5.41, 5.74) is 8.91. The van der Waals surface area contributed by atoms with Crippen LogP contribution in [0.5, 0.6) is 0 Å². The van der Waals surface area contributed by atoms with Crippen LogP contribution in [0.1, 0.15) is 51.9 Å². The first-order chi connectivity index (χ1) is 41.0. The van der Waals surface area contributed by atoms with Gasteiger partial charge in [0.1, 0.15) is 16.6 Å². The molecule has 0 aliphatic carbocycles. The molecule has 6 aromatic heterocycles. The van der Waals surface area contributed by atoms with Crippen molar-refractivity contribution >= 4 is 129 Å². The van der Waals surface area contributed by atoms with E-state index < -0.39 is 34.4 Å². The Morgan fingerprint density at radius 2 is 0.570 bits per heavy atom. The molecule has 0 aromatic carbocycles. The van der Waals surface area contributed by atoms with Gasteiger partial charge in [0.15, 0.2) is 0 Å². The van der Waals surface area contributed by atoms with E-state index >= 15 is 0 Å². The minimum Gasteiger partial charge on any atom is -0.693 e. The van der Waals surface area contributed by atoms with Gasteiger partial charge in [0.25, 0.3) is 0 Å². The maximum Gasteiger partial charge on any atom is 3.00 e. The monoisotopic (exact) mass is 1210 g/mol. The predicted octanol–water partition coefficient (Wildman–Crippen LogP) is 5.18. The molecule has 0 fully saturated rings. The summed E-state index contributed by atoms with van der Waals surface area (Å²) in [6.07, 6.45) is 87.6. The van der Waals surface area contributed by atoms with Crippen LogP contribution < -0.4 is 32.1 Å². The molecule has 15 rings (SSSR count). The van der Waals surface area contributed by atoms with Crippen molar-refractivity contribution in [2.45, 2.75) is 34.4 Å². The van der Waals surface area contributed by atoms with E-state index in [1.807, 2.05) is 182 Å². The Bertz CT molecular complexity index is 4530. The number of hydrogen-bond donors (Lipinski definition) is 6. The van der Waals surface area contributed by atoms with Gasteiger partial charge in [-0.1, -0.05) is 0 Å². The van der Waals surface area contributed by atoms with Gasteiger partial charge >= 0.3 is 39.6 Å². The van der Waals surface area contributed by atoms with E-state index in [2.05, 4.69) is 80.4 Å². The van der Waals surface area contributed by atoms with Gasteiger partial charge < -0.3 is 104 Å². The molecular weight excluding hydrogens is 1170 g/mol. The normalized spacial score (nSPS) is 23.8. The summed E-state index contributed by atoms with van der Waals surface area (Å²) in [5, 5.41) is 5.55. The van der Waals surface area contributed by atoms with Crippen molar-refractivity contribution in [3.8, 4) is 35.5 Å². The van der Waals surface area contributed by atoms with Crippen LogP contribution in [0, 0.1) is 74.1 Å². The minimum atomic E-state index is -1.08. The fraction of sp³-hybridized carbons (Fsp3) is 0.0833. The molecule has 24 bridgehead atoms. The number of nitrogens with one attached hydrogen (secondary N) is 6. The number of allylic oxidation sites excluding steroid dienone is 9. The standard InChI is InChI=1S/3C24H14N4.2Ga/c3*1-3-22-23-10-9-20(27-23)14-18-6-5-16(25-18)13-17-7-8-19(26-17)15-21-11-12-24(22,4-2)28-21;;/h3*5-15,22,26-27H;;/q3*-2;2*+3. The van der Waals surface area contributed by atoms with Crippen molar-refractivity contribution in [1.29, 1.82) is 0 Å². The first-order valence-electron chi connectivity index (χ1n) is 26.7. The molecule has 0 saturated carbocycles. The average Bonchev–Trinajstić information content (AvgIpc) is 2.24. The molecule has 0 radical (unpaired) electrons. The number of fused-ring (bicyclic) bond motifs is 18. The largest absolute Gasteiger partial charge is 3.00 e. The number of nitrogens with zero attached hydrogens (tertiary/aromatic N) is 6. The van der Waals surface area contributed by atoms with Crippen LogP contribution in [0.3, 0.4) is 0 Å². The first-order valence-corrected chi connectivity index (χ1v) is 26.7. The van der Waals surface area contributed by atoms with Crippen LogP contribution >= 0.6 is 0 Å². The van der Waals surface area contributed by atoms with Crippen LogP contribution in [0.4, 0.5) is 0 Å². The average molecular weight is 1210 g/mol. The molecule has 9 aliphatic rings. The SMILES string of the molecule is [C-]#CC1c2ccc([nH]2)C=C2C=CC(=N2)C=c2ccc([nH]2)=CC2=NC1(C#[C-])C=C2.[C-]#CC1c2ccc([nH]2)C=C2C=CC(=N2)C=c2ccc([nH]2)=CC2=NC1(C#[C-])C=C2.[C-]#CC1c2ccc([nH]2)C=C2C=CC(=N2)C=c2ccc([nH]2)=CC2=NC1(C#[C-])C=C2.[Ga+3].[Ga+3]. The van der Waals surface area contributed by atoms with E-state index in [9.17, 15) is 0 Å². The van der Waals surface area contributed by atoms with Crippen LogP contribution in [0.25, 0.3) is 54.7 Å². The molecule has 86 heavy (non-hydrogen) atoms. The Labute approximate surface area is 522 Å². The van der Waals surface area contributed by atoms with Gasteiger partial charge in [0, 0.05) is 66.3 Å². The Hall–Kier alpha value is -10.8. The number of aromatic amines is 6. The Kier molecular flexibility index (Phi) is 15.6. The molecule has 0 amide bonds. The Balaban J connectivity index is 0.000000132. The van der Waals surface area contributed by atoms with Crippen LogP contribution in [-0.2, 0) is 0 Å². The number of hydrogen-bond acceptors (Lipinski definition) is 6. The van der Waals surface area contributed by atoms with E-state index in [0.29, 0.717) is 17.1 Å². The third-order valence-corrected chi connectivity index (χ3v) is 14.9. The predicted molar refractivity (Wildman–Crippen MR) is 343 cm³/mol. The third kappa shape index (κ3) is 11.3. The van der Waals surface area contributed by atoms with Crippen LogP contribution in [0.2, 0.25) is 0 Å². The summed E-state index contributed by atoms with van der Waals surface area (Å²) < 4.78 is 0. The molecule has 396 valence electrons. The summed E-state index contributed by atoms with van der Waals surface area (Å²) in [6, 6.07) is 23.4. The van der Waals surface area contributed by atoms with Crippen molar-refractivity contribution in [3.63, 3.8) is 0 Å². The summed E-state index contributed by atoms with van der Waals surface area (Å²) in [4.78, 5) is 47.9. The van der Waals surface area contributed by atoms with Crippen molar-refractivity contribution in [2.75, 3.05) is 0 Å². The molecule has 12 nitrogen and oxygen atoms in total. The van der Waals surface area contributed by atoms with Crippen molar-refractivity contribution in [1.82, 2.24) is 29.9 Å². The zero-order valence-corrected chi connectivity index (χ0v) is 50.5. The molecule has 6 atom stereocenters. The topological polar surface area (TPSA) is 169 Å². The fourth-order valence-electron chi connectivity index (χ4n) is 10.9. The summed E-state index contributed by atoms with van der Waals surface area (Å²) >= 11 is 0. The number of H-pyrrole nitrogens is 6. The molecule has 6 N–H and O–H groups in total. The van der Waals surface area contributed by atoms with Crippen LogP contribution in [0.15, 0.2) is 193 Å². The molecule has 0 spiro atoms. The maximum absolute atomic E-state index is 7.89. The molecule has 0 saturated heterocycles. The number of aliphatic imine (C=N–C) groups is 6. The van der Waals surface area contributed by atoms with Gasteiger partial charge in [-0.3, -0.25) is 15.0 Å². The second-order valence-corrected chi connectivity index (χ2v) is 20.6. The minimum absolute atomic E-state index is 0. The third-order valence-electron chi connectivity index (χ3n) is 14.9. The second-order valence-electron chi connectivity index (χ2n) is 20.6. The van der Waals surface area contributed by atoms with Crippen LogP contribution in [-0.4, -0.2) is 120 Å². The molecule has 9 aliphatic heterocycles. The maximum atomic E-state index is 7.89. The van der Waals surface area contributed by atoms with E-state index in [1.54, 1.807) is 18.2 Å². The van der Waals surface area contributed by atoms with E-state index in [4.69, 9.17) is 53.5 Å². The quantitative estimate of drug-likeness (QED) is 0.0671.